The van der Waals surface area contributed by atoms with E-state index in [2.05, 4.69) is 20.9 Å². The zero-order chi connectivity index (χ0) is 17.3. The standard InChI is InChI=1S/C18H18BrNO4/c1-23-16-9-13-12(18(24-2)17(16)22)5-6-20-15(13)8-10-7-11(21)3-4-14(10)19/h3-4,7,9,21-22H,5-6,8H2,1-2H3/p+1. The molecule has 24 heavy (non-hydrogen) atoms. The zero-order valence-electron chi connectivity index (χ0n) is 13.5. The van der Waals surface area contributed by atoms with Crippen molar-refractivity contribution in [3.8, 4) is 23.0 Å². The van der Waals surface area contributed by atoms with Crippen LogP contribution in [0.4, 0.5) is 0 Å². The van der Waals surface area contributed by atoms with Gasteiger partial charge in [-0.25, -0.2) is 4.99 Å². The molecule has 0 aromatic heterocycles. The van der Waals surface area contributed by atoms with Crippen molar-refractivity contribution in [2.24, 2.45) is 0 Å². The second-order valence-corrected chi connectivity index (χ2v) is 6.45. The fourth-order valence-corrected chi connectivity index (χ4v) is 3.42. The number of halogens is 1. The third-order valence-electron chi connectivity index (χ3n) is 4.18. The Hall–Kier alpha value is -2.21. The molecule has 0 unspecified atom stereocenters. The number of phenols is 2. The molecule has 1 aliphatic heterocycles. The largest absolute Gasteiger partial charge is 0.508 e. The minimum absolute atomic E-state index is 0.0264. The molecule has 2 aromatic carbocycles. The first kappa shape index (κ1) is 16.6. The van der Waals surface area contributed by atoms with Crippen molar-refractivity contribution in [2.75, 3.05) is 20.8 Å². The van der Waals surface area contributed by atoms with Gasteiger partial charge in [-0.1, -0.05) is 15.9 Å². The second kappa shape index (κ2) is 6.73. The van der Waals surface area contributed by atoms with Crippen LogP contribution in [-0.4, -0.2) is 36.7 Å². The molecule has 0 fully saturated rings. The van der Waals surface area contributed by atoms with Crippen LogP contribution in [0.25, 0.3) is 0 Å². The van der Waals surface area contributed by atoms with Gasteiger partial charge in [-0.15, -0.1) is 0 Å². The summed E-state index contributed by atoms with van der Waals surface area (Å²) in [4.78, 5) is 3.41. The molecule has 2 aromatic rings. The van der Waals surface area contributed by atoms with Gasteiger partial charge in [0.2, 0.25) is 5.75 Å². The minimum Gasteiger partial charge on any atom is -0.508 e. The average Bonchev–Trinajstić information content (AvgIpc) is 2.58. The van der Waals surface area contributed by atoms with E-state index in [1.165, 1.54) is 7.11 Å². The summed E-state index contributed by atoms with van der Waals surface area (Å²) in [5.74, 6) is 1.09. The topological polar surface area (TPSA) is 72.9 Å². The molecule has 1 aliphatic rings. The van der Waals surface area contributed by atoms with Crippen LogP contribution in [0.2, 0.25) is 0 Å². The lowest BCUT2D eigenvalue weighted by molar-refractivity contribution is -0.458. The summed E-state index contributed by atoms with van der Waals surface area (Å²) in [6.07, 6.45) is 1.36. The van der Waals surface area contributed by atoms with Gasteiger partial charge in [-0.2, -0.15) is 0 Å². The first-order valence-corrected chi connectivity index (χ1v) is 8.38. The molecular formula is C18H19BrNO4+. The van der Waals surface area contributed by atoms with Gasteiger partial charge in [0.25, 0.3) is 0 Å². The van der Waals surface area contributed by atoms with E-state index in [1.807, 2.05) is 12.1 Å². The smallest absolute Gasteiger partial charge is 0.201 e. The van der Waals surface area contributed by atoms with Crippen molar-refractivity contribution in [2.45, 2.75) is 12.8 Å². The Labute approximate surface area is 148 Å². The normalized spacial score (nSPS) is 13.2. The minimum atomic E-state index is 0.0264. The molecule has 3 N–H and O–H groups in total. The van der Waals surface area contributed by atoms with E-state index >= 15 is 0 Å². The highest BCUT2D eigenvalue weighted by Crippen LogP contribution is 2.41. The van der Waals surface area contributed by atoms with Crippen LogP contribution >= 0.6 is 15.9 Å². The first-order chi connectivity index (χ1) is 11.5. The van der Waals surface area contributed by atoms with E-state index in [4.69, 9.17) is 9.47 Å². The van der Waals surface area contributed by atoms with Crippen LogP contribution < -0.4 is 14.5 Å². The molecular weight excluding hydrogens is 374 g/mol. The molecule has 1 heterocycles. The quantitative estimate of drug-likeness (QED) is 0.737. The summed E-state index contributed by atoms with van der Waals surface area (Å²) >= 11 is 3.52. The molecule has 0 radical (unpaired) electrons. The lowest BCUT2D eigenvalue weighted by Gasteiger charge is -2.19. The molecule has 126 valence electrons. The number of rotatable bonds is 4. The molecule has 6 heteroatoms. The Morgan fingerprint density at radius 3 is 2.67 bits per heavy atom. The summed E-state index contributed by atoms with van der Waals surface area (Å²) in [6, 6.07) is 7.03. The van der Waals surface area contributed by atoms with E-state index in [0.717, 1.165) is 39.8 Å². The fourth-order valence-electron chi connectivity index (χ4n) is 3.04. The van der Waals surface area contributed by atoms with Gasteiger partial charge in [0.1, 0.15) is 12.3 Å². The number of benzene rings is 2. The van der Waals surface area contributed by atoms with Crippen LogP contribution in [-0.2, 0) is 12.8 Å². The molecule has 0 amide bonds. The van der Waals surface area contributed by atoms with Crippen molar-refractivity contribution in [3.05, 3.63) is 45.4 Å². The van der Waals surface area contributed by atoms with Crippen molar-refractivity contribution in [1.29, 1.82) is 0 Å². The summed E-state index contributed by atoms with van der Waals surface area (Å²) in [5, 5.41) is 20.0. The van der Waals surface area contributed by atoms with Crippen LogP contribution in [0.5, 0.6) is 23.0 Å². The number of phenolic OH excluding ortho intramolecular Hbond substituents is 2. The molecule has 0 aliphatic carbocycles. The second-order valence-electron chi connectivity index (χ2n) is 5.59. The van der Waals surface area contributed by atoms with Crippen LogP contribution in [0.1, 0.15) is 16.7 Å². The van der Waals surface area contributed by atoms with Crippen molar-refractivity contribution >= 4 is 21.6 Å². The molecule has 5 nitrogen and oxygen atoms in total. The molecule has 0 bridgehead atoms. The maximum atomic E-state index is 10.3. The monoisotopic (exact) mass is 392 g/mol. The molecule has 0 atom stereocenters. The summed E-state index contributed by atoms with van der Waals surface area (Å²) < 4.78 is 11.6. The third-order valence-corrected chi connectivity index (χ3v) is 4.96. The Morgan fingerprint density at radius 1 is 1.17 bits per heavy atom. The number of hydrogen-bond acceptors (Lipinski definition) is 4. The first-order valence-electron chi connectivity index (χ1n) is 7.59. The lowest BCUT2D eigenvalue weighted by Crippen LogP contribution is -2.76. The van der Waals surface area contributed by atoms with E-state index in [1.54, 1.807) is 19.2 Å². The van der Waals surface area contributed by atoms with Crippen LogP contribution in [0.3, 0.4) is 0 Å². The van der Waals surface area contributed by atoms with E-state index in [9.17, 15) is 10.2 Å². The fraction of sp³-hybridized carbons (Fsp3) is 0.278. The number of nitrogens with one attached hydrogen (secondary N) is 1. The highest BCUT2D eigenvalue weighted by Gasteiger charge is 2.28. The Morgan fingerprint density at radius 2 is 1.96 bits per heavy atom. The van der Waals surface area contributed by atoms with Crippen LogP contribution in [0, 0.1) is 0 Å². The third kappa shape index (κ3) is 2.94. The Kier molecular flexibility index (Phi) is 4.66. The predicted molar refractivity (Wildman–Crippen MR) is 94.4 cm³/mol. The van der Waals surface area contributed by atoms with Crippen LogP contribution in [0.15, 0.2) is 28.7 Å². The number of fused-ring (bicyclic) bond motifs is 1. The van der Waals surface area contributed by atoms with Gasteiger partial charge in [-0.3, -0.25) is 0 Å². The predicted octanol–water partition coefficient (Wildman–Crippen LogP) is 1.55. The van der Waals surface area contributed by atoms with Gasteiger partial charge in [0.15, 0.2) is 17.2 Å². The van der Waals surface area contributed by atoms with E-state index in [-0.39, 0.29) is 11.5 Å². The van der Waals surface area contributed by atoms with Gasteiger partial charge in [0.05, 0.1) is 26.2 Å². The summed E-state index contributed by atoms with van der Waals surface area (Å²) in [7, 11) is 3.06. The molecule has 3 rings (SSSR count). The van der Waals surface area contributed by atoms with E-state index in [0.29, 0.717) is 17.9 Å². The molecule has 0 saturated carbocycles. The number of ether oxygens (including phenoxy) is 2. The summed E-state index contributed by atoms with van der Waals surface area (Å²) in [6.45, 7) is 0.751. The van der Waals surface area contributed by atoms with Gasteiger partial charge in [0, 0.05) is 16.5 Å². The van der Waals surface area contributed by atoms with E-state index < -0.39 is 0 Å². The SMILES string of the molecule is COc1cc2c(c(OC)c1O)CC[NH+]=C2Cc1cc(O)ccc1Br. The number of methoxy groups -OCH3 is 2. The maximum Gasteiger partial charge on any atom is 0.201 e. The Balaban J connectivity index is 2.07. The number of aromatic hydroxyl groups is 2. The maximum absolute atomic E-state index is 10.3. The average molecular weight is 393 g/mol. The molecule has 0 spiro atoms. The van der Waals surface area contributed by atoms with Gasteiger partial charge in [-0.05, 0) is 29.8 Å². The van der Waals surface area contributed by atoms with Gasteiger partial charge >= 0.3 is 0 Å². The van der Waals surface area contributed by atoms with Crippen molar-refractivity contribution in [1.82, 2.24) is 0 Å². The number of hydrogen-bond donors (Lipinski definition) is 3. The van der Waals surface area contributed by atoms with Gasteiger partial charge < -0.3 is 19.7 Å². The zero-order valence-corrected chi connectivity index (χ0v) is 15.1. The molecule has 0 saturated heterocycles. The van der Waals surface area contributed by atoms with Crippen molar-refractivity contribution < 1.29 is 24.7 Å². The van der Waals surface area contributed by atoms with Crippen molar-refractivity contribution in [3.63, 3.8) is 0 Å². The Bertz CT molecular complexity index is 817. The highest BCUT2D eigenvalue weighted by atomic mass is 79.9. The summed E-state index contributed by atoms with van der Waals surface area (Å²) in [5.41, 5.74) is 3.89. The highest BCUT2D eigenvalue weighted by molar-refractivity contribution is 9.10. The lowest BCUT2D eigenvalue weighted by atomic mass is 9.92.